The van der Waals surface area contributed by atoms with E-state index in [-0.39, 0.29) is 22.5 Å². The molecule has 0 bridgehead atoms. The largest absolute Gasteiger partial charge is 0.451 e. The minimum atomic E-state index is -0.357. The summed E-state index contributed by atoms with van der Waals surface area (Å²) in [4.78, 5) is 25.5. The van der Waals surface area contributed by atoms with E-state index in [2.05, 4.69) is 33.3 Å². The van der Waals surface area contributed by atoms with Gasteiger partial charge in [-0.05, 0) is 12.1 Å². The fourth-order valence-electron chi connectivity index (χ4n) is 2.64. The van der Waals surface area contributed by atoms with Crippen molar-refractivity contribution < 1.29 is 14.1 Å². The molecule has 0 aliphatic rings. The standard InChI is InChI=1S/C17H22N2O3/c1-17(2,11-19(3)4)10-18-16(21)15-9-13(20)12-7-5-6-8-14(12)22-15/h5-9H,10-11H2,1-4H3,(H,18,21)/p+1. The molecule has 1 aromatic carbocycles. The lowest BCUT2D eigenvalue weighted by Crippen LogP contribution is -3.07. The van der Waals surface area contributed by atoms with Crippen LogP contribution < -0.4 is 15.6 Å². The number of para-hydroxylation sites is 1. The van der Waals surface area contributed by atoms with Gasteiger partial charge in [0, 0.05) is 18.0 Å². The first kappa shape index (κ1) is 16.2. The molecule has 0 aliphatic carbocycles. The lowest BCUT2D eigenvalue weighted by Gasteiger charge is -2.25. The predicted octanol–water partition coefficient (Wildman–Crippen LogP) is 0.694. The molecule has 1 aromatic heterocycles. The van der Waals surface area contributed by atoms with Crippen molar-refractivity contribution in [3.63, 3.8) is 0 Å². The van der Waals surface area contributed by atoms with Crippen LogP contribution >= 0.6 is 0 Å². The Hall–Kier alpha value is -2.14. The number of hydrogen-bond acceptors (Lipinski definition) is 3. The summed E-state index contributed by atoms with van der Waals surface area (Å²) >= 11 is 0. The van der Waals surface area contributed by atoms with Gasteiger partial charge in [-0.2, -0.15) is 0 Å². The van der Waals surface area contributed by atoms with Gasteiger partial charge in [0.25, 0.3) is 5.91 Å². The van der Waals surface area contributed by atoms with E-state index in [1.807, 2.05) is 0 Å². The third-order valence-corrected chi connectivity index (χ3v) is 3.42. The summed E-state index contributed by atoms with van der Waals surface area (Å²) < 4.78 is 5.53. The van der Waals surface area contributed by atoms with Crippen molar-refractivity contribution in [2.75, 3.05) is 27.2 Å². The van der Waals surface area contributed by atoms with Crippen LogP contribution in [-0.2, 0) is 0 Å². The van der Waals surface area contributed by atoms with Gasteiger partial charge in [0.2, 0.25) is 0 Å². The molecule has 0 unspecified atom stereocenters. The zero-order chi connectivity index (χ0) is 16.3. The topological polar surface area (TPSA) is 63.8 Å². The van der Waals surface area contributed by atoms with Crippen molar-refractivity contribution >= 4 is 16.9 Å². The molecule has 0 saturated carbocycles. The molecule has 0 spiro atoms. The first-order valence-corrected chi connectivity index (χ1v) is 7.39. The van der Waals surface area contributed by atoms with Crippen molar-refractivity contribution in [1.29, 1.82) is 0 Å². The second kappa shape index (κ2) is 6.32. The van der Waals surface area contributed by atoms with E-state index in [0.717, 1.165) is 6.54 Å². The second-order valence-corrected chi connectivity index (χ2v) is 6.70. The maximum absolute atomic E-state index is 12.2. The molecule has 5 heteroatoms. The van der Waals surface area contributed by atoms with Crippen LogP contribution in [0.2, 0.25) is 0 Å². The number of rotatable bonds is 5. The molecule has 2 rings (SSSR count). The van der Waals surface area contributed by atoms with Gasteiger partial charge in [0.1, 0.15) is 5.58 Å². The van der Waals surface area contributed by atoms with Gasteiger partial charge in [-0.25, -0.2) is 0 Å². The Kier molecular flexibility index (Phi) is 4.66. The summed E-state index contributed by atoms with van der Waals surface area (Å²) in [5.74, 6) is -0.304. The van der Waals surface area contributed by atoms with Crippen LogP contribution in [0.1, 0.15) is 24.4 Å². The Morgan fingerprint density at radius 2 is 1.95 bits per heavy atom. The molecule has 118 valence electrons. The first-order valence-electron chi connectivity index (χ1n) is 7.39. The summed E-state index contributed by atoms with van der Waals surface area (Å²) in [5, 5.41) is 3.33. The minimum absolute atomic E-state index is 0.0361. The number of quaternary nitrogens is 1. The average molecular weight is 303 g/mol. The van der Waals surface area contributed by atoms with Crippen LogP contribution in [0, 0.1) is 5.41 Å². The number of amides is 1. The highest BCUT2D eigenvalue weighted by atomic mass is 16.3. The van der Waals surface area contributed by atoms with Crippen molar-refractivity contribution in [3.05, 3.63) is 46.3 Å². The van der Waals surface area contributed by atoms with Crippen molar-refractivity contribution in [2.24, 2.45) is 5.41 Å². The molecule has 0 radical (unpaired) electrons. The van der Waals surface area contributed by atoms with Gasteiger partial charge < -0.3 is 14.6 Å². The van der Waals surface area contributed by atoms with E-state index in [9.17, 15) is 9.59 Å². The monoisotopic (exact) mass is 303 g/mol. The molecule has 0 saturated heterocycles. The molecule has 0 fully saturated rings. The summed E-state index contributed by atoms with van der Waals surface area (Å²) in [6.45, 7) is 5.64. The molecule has 1 amide bonds. The number of hydrogen-bond donors (Lipinski definition) is 2. The molecule has 5 nitrogen and oxygen atoms in total. The zero-order valence-corrected chi connectivity index (χ0v) is 13.5. The number of nitrogens with one attached hydrogen (secondary N) is 2. The van der Waals surface area contributed by atoms with E-state index in [1.54, 1.807) is 24.3 Å². The molecular formula is C17H23N2O3+. The number of carbonyl (C=O) groups excluding carboxylic acids is 1. The maximum Gasteiger partial charge on any atom is 0.287 e. The van der Waals surface area contributed by atoms with Crippen molar-refractivity contribution in [2.45, 2.75) is 13.8 Å². The molecule has 2 N–H and O–H groups in total. The normalized spacial score (nSPS) is 11.9. The lowest BCUT2D eigenvalue weighted by atomic mass is 9.93. The fourth-order valence-corrected chi connectivity index (χ4v) is 2.64. The highest BCUT2D eigenvalue weighted by molar-refractivity contribution is 5.93. The highest BCUT2D eigenvalue weighted by Crippen LogP contribution is 2.13. The predicted molar refractivity (Wildman–Crippen MR) is 86.3 cm³/mol. The summed E-state index contributed by atoms with van der Waals surface area (Å²) in [5.41, 5.74) is 0.187. The Balaban J connectivity index is 2.15. The Labute approximate surface area is 129 Å². The van der Waals surface area contributed by atoms with E-state index < -0.39 is 0 Å². The Bertz CT molecular complexity index is 732. The SMILES string of the molecule is C[NH+](C)CC(C)(C)CNC(=O)c1cc(=O)c2ccccc2o1. The second-order valence-electron chi connectivity index (χ2n) is 6.70. The number of carbonyl (C=O) groups is 1. The minimum Gasteiger partial charge on any atom is -0.451 e. The van der Waals surface area contributed by atoms with Crippen LogP contribution in [-0.4, -0.2) is 33.1 Å². The third-order valence-electron chi connectivity index (χ3n) is 3.42. The van der Waals surface area contributed by atoms with Gasteiger partial charge in [-0.15, -0.1) is 0 Å². The van der Waals surface area contributed by atoms with Gasteiger partial charge in [-0.1, -0.05) is 26.0 Å². The molecule has 2 aromatic rings. The zero-order valence-electron chi connectivity index (χ0n) is 13.5. The third kappa shape index (κ3) is 3.95. The van der Waals surface area contributed by atoms with Crippen LogP contribution in [0.25, 0.3) is 11.0 Å². The number of fused-ring (bicyclic) bond motifs is 1. The molecular weight excluding hydrogens is 280 g/mol. The van der Waals surface area contributed by atoms with Crippen LogP contribution in [0.4, 0.5) is 0 Å². The highest BCUT2D eigenvalue weighted by Gasteiger charge is 2.23. The van der Waals surface area contributed by atoms with Gasteiger partial charge in [0.05, 0.1) is 26.0 Å². The van der Waals surface area contributed by atoms with Crippen LogP contribution in [0.3, 0.4) is 0 Å². The van der Waals surface area contributed by atoms with Crippen molar-refractivity contribution in [1.82, 2.24) is 5.32 Å². The average Bonchev–Trinajstić information content (AvgIpc) is 2.43. The quantitative estimate of drug-likeness (QED) is 0.854. The summed E-state index contributed by atoms with van der Waals surface area (Å²) in [6.07, 6.45) is 0. The van der Waals surface area contributed by atoms with E-state index in [4.69, 9.17) is 4.42 Å². The van der Waals surface area contributed by atoms with E-state index in [0.29, 0.717) is 17.5 Å². The molecule has 1 heterocycles. The fraction of sp³-hybridized carbons (Fsp3) is 0.412. The Morgan fingerprint density at radius 3 is 2.64 bits per heavy atom. The van der Waals surface area contributed by atoms with Gasteiger partial charge in [-0.3, -0.25) is 9.59 Å². The molecule has 0 aliphatic heterocycles. The summed E-state index contributed by atoms with van der Waals surface area (Å²) in [6, 6.07) is 8.17. The number of benzene rings is 1. The lowest BCUT2D eigenvalue weighted by molar-refractivity contribution is -0.865. The van der Waals surface area contributed by atoms with Crippen LogP contribution in [0.15, 0.2) is 39.5 Å². The van der Waals surface area contributed by atoms with Crippen molar-refractivity contribution in [3.8, 4) is 0 Å². The smallest absolute Gasteiger partial charge is 0.287 e. The van der Waals surface area contributed by atoms with E-state index >= 15 is 0 Å². The van der Waals surface area contributed by atoms with Gasteiger partial charge in [0.15, 0.2) is 11.2 Å². The molecule has 22 heavy (non-hydrogen) atoms. The summed E-state index contributed by atoms with van der Waals surface area (Å²) in [7, 11) is 4.15. The van der Waals surface area contributed by atoms with Crippen LogP contribution in [0.5, 0.6) is 0 Å². The molecule has 0 atom stereocenters. The van der Waals surface area contributed by atoms with Gasteiger partial charge >= 0.3 is 0 Å². The van der Waals surface area contributed by atoms with E-state index in [1.165, 1.54) is 11.0 Å². The Morgan fingerprint density at radius 1 is 1.27 bits per heavy atom. The first-order chi connectivity index (χ1) is 10.3. The maximum atomic E-state index is 12.2.